The van der Waals surface area contributed by atoms with E-state index in [1.54, 1.807) is 0 Å². The van der Waals surface area contributed by atoms with Crippen molar-refractivity contribution in [2.75, 3.05) is 26.2 Å². The van der Waals surface area contributed by atoms with Gasteiger partial charge in [-0.25, -0.2) is 4.79 Å². The van der Waals surface area contributed by atoms with Gasteiger partial charge < -0.3 is 14.7 Å². The average Bonchev–Trinajstić information content (AvgIpc) is 2.24. The topological polar surface area (TPSA) is 49.8 Å². The Morgan fingerprint density at radius 3 is 3.07 bits per heavy atom. The lowest BCUT2D eigenvalue weighted by Crippen LogP contribution is -2.37. The van der Waals surface area contributed by atoms with Crippen molar-refractivity contribution in [3.05, 3.63) is 0 Å². The Labute approximate surface area is 91.2 Å². The van der Waals surface area contributed by atoms with Crippen molar-refractivity contribution in [2.45, 2.75) is 32.6 Å². The fourth-order valence-corrected chi connectivity index (χ4v) is 2.06. The van der Waals surface area contributed by atoms with E-state index in [1.807, 2.05) is 0 Å². The molecule has 4 nitrogen and oxygen atoms in total. The molecule has 1 aliphatic heterocycles. The number of unbranched alkanes of at least 4 members (excludes halogenated alkanes) is 1. The van der Waals surface area contributed by atoms with Crippen LogP contribution in [0, 0.1) is 5.92 Å². The number of likely N-dealkylation sites (tertiary alicyclic amines) is 1. The fourth-order valence-electron chi connectivity index (χ4n) is 2.06. The van der Waals surface area contributed by atoms with Crippen molar-refractivity contribution in [3.63, 3.8) is 0 Å². The van der Waals surface area contributed by atoms with Crippen molar-refractivity contribution < 1.29 is 14.6 Å². The third-order valence-electron chi connectivity index (χ3n) is 2.87. The summed E-state index contributed by atoms with van der Waals surface area (Å²) in [5, 5.41) is 8.42. The first kappa shape index (κ1) is 12.3. The number of ether oxygens (including phenoxy) is 1. The Morgan fingerprint density at radius 1 is 1.60 bits per heavy atom. The molecule has 0 spiro atoms. The molecule has 1 N–H and O–H groups in total. The molecule has 1 atom stereocenters. The zero-order valence-corrected chi connectivity index (χ0v) is 9.45. The minimum atomic E-state index is -1.15. The summed E-state index contributed by atoms with van der Waals surface area (Å²) in [5.41, 5.74) is 0. The van der Waals surface area contributed by atoms with Crippen LogP contribution in [-0.4, -0.2) is 42.4 Å². The Morgan fingerprint density at radius 2 is 2.40 bits per heavy atom. The van der Waals surface area contributed by atoms with Crippen molar-refractivity contribution in [3.8, 4) is 0 Å². The number of hydrogen-bond donors (Lipinski definition) is 1. The van der Waals surface area contributed by atoms with Crippen LogP contribution in [0.1, 0.15) is 32.6 Å². The fraction of sp³-hybridized carbons (Fsp3) is 0.909. The summed E-state index contributed by atoms with van der Waals surface area (Å²) in [6.45, 7) is 5.84. The lowest BCUT2D eigenvalue weighted by Gasteiger charge is -2.32. The predicted molar refractivity (Wildman–Crippen MR) is 58.0 cm³/mol. The summed E-state index contributed by atoms with van der Waals surface area (Å²) >= 11 is 0. The van der Waals surface area contributed by atoms with E-state index < -0.39 is 6.16 Å². The molecule has 0 aliphatic carbocycles. The molecule has 1 saturated heterocycles. The van der Waals surface area contributed by atoms with Crippen molar-refractivity contribution >= 4 is 6.16 Å². The summed E-state index contributed by atoms with van der Waals surface area (Å²) < 4.78 is 4.62. The molecule has 4 heteroatoms. The van der Waals surface area contributed by atoms with Crippen LogP contribution in [0.15, 0.2) is 0 Å². The minimum absolute atomic E-state index is 0.359. The largest absolute Gasteiger partial charge is 0.505 e. The van der Waals surface area contributed by atoms with E-state index in [4.69, 9.17) is 5.11 Å². The van der Waals surface area contributed by atoms with Gasteiger partial charge in [-0.1, -0.05) is 13.3 Å². The van der Waals surface area contributed by atoms with E-state index in [2.05, 4.69) is 16.6 Å². The van der Waals surface area contributed by atoms with E-state index >= 15 is 0 Å². The van der Waals surface area contributed by atoms with Crippen LogP contribution in [-0.2, 0) is 4.74 Å². The van der Waals surface area contributed by atoms with Gasteiger partial charge in [0.25, 0.3) is 0 Å². The number of hydrogen-bond acceptors (Lipinski definition) is 3. The molecular weight excluding hydrogens is 194 g/mol. The van der Waals surface area contributed by atoms with Crippen molar-refractivity contribution in [1.29, 1.82) is 0 Å². The smallest absolute Gasteiger partial charge is 0.450 e. The summed E-state index contributed by atoms with van der Waals surface area (Å²) in [6, 6.07) is 0. The van der Waals surface area contributed by atoms with Gasteiger partial charge in [-0.2, -0.15) is 0 Å². The Bertz CT molecular complexity index is 196. The zero-order valence-electron chi connectivity index (χ0n) is 9.45. The van der Waals surface area contributed by atoms with Gasteiger partial charge in [0.1, 0.15) is 0 Å². The molecular formula is C11H21NO3. The van der Waals surface area contributed by atoms with Gasteiger partial charge in [0.05, 0.1) is 6.61 Å². The standard InChI is InChI=1S/C11H21NO3/c1-2-3-6-12-7-4-5-10(8-12)9-15-11(13)14/h10H,2-9H2,1H3,(H,13,14). The molecule has 0 aromatic heterocycles. The zero-order chi connectivity index (χ0) is 11.1. The molecule has 0 radical (unpaired) electrons. The number of rotatable bonds is 5. The van der Waals surface area contributed by atoms with Crippen molar-refractivity contribution in [2.24, 2.45) is 5.92 Å². The average molecular weight is 215 g/mol. The second kappa shape index (κ2) is 6.67. The summed E-state index contributed by atoms with van der Waals surface area (Å²) in [6.07, 6.45) is 3.55. The number of piperidine rings is 1. The van der Waals surface area contributed by atoms with Crippen LogP contribution in [0.5, 0.6) is 0 Å². The summed E-state index contributed by atoms with van der Waals surface area (Å²) in [5.74, 6) is 0.395. The lowest BCUT2D eigenvalue weighted by molar-refractivity contribution is 0.0564. The van der Waals surface area contributed by atoms with Crippen LogP contribution in [0.4, 0.5) is 4.79 Å². The first-order valence-electron chi connectivity index (χ1n) is 5.80. The van der Waals surface area contributed by atoms with Crippen LogP contribution >= 0.6 is 0 Å². The van der Waals surface area contributed by atoms with Gasteiger partial charge in [-0.15, -0.1) is 0 Å². The molecule has 1 unspecified atom stereocenters. The molecule has 0 saturated carbocycles. The molecule has 88 valence electrons. The maximum absolute atomic E-state index is 10.3. The molecule has 0 amide bonds. The van der Waals surface area contributed by atoms with E-state index in [9.17, 15) is 4.79 Å². The summed E-state index contributed by atoms with van der Waals surface area (Å²) in [7, 11) is 0. The molecule has 1 fully saturated rings. The van der Waals surface area contributed by atoms with Gasteiger partial charge in [0.2, 0.25) is 0 Å². The molecule has 15 heavy (non-hydrogen) atoms. The van der Waals surface area contributed by atoms with Crippen LogP contribution in [0.25, 0.3) is 0 Å². The third kappa shape index (κ3) is 5.02. The maximum Gasteiger partial charge on any atom is 0.505 e. The minimum Gasteiger partial charge on any atom is -0.450 e. The molecule has 0 aromatic rings. The Hall–Kier alpha value is -0.770. The van der Waals surface area contributed by atoms with Crippen molar-refractivity contribution in [1.82, 2.24) is 4.90 Å². The predicted octanol–water partition coefficient (Wildman–Crippen LogP) is 2.19. The first-order valence-corrected chi connectivity index (χ1v) is 5.80. The van der Waals surface area contributed by atoms with Gasteiger partial charge in [0.15, 0.2) is 0 Å². The highest BCUT2D eigenvalue weighted by atomic mass is 16.7. The van der Waals surface area contributed by atoms with Gasteiger partial charge in [-0.3, -0.25) is 0 Å². The number of nitrogens with zero attached hydrogens (tertiary/aromatic N) is 1. The molecule has 0 bridgehead atoms. The number of carbonyl (C=O) groups is 1. The van der Waals surface area contributed by atoms with Gasteiger partial charge >= 0.3 is 6.16 Å². The maximum atomic E-state index is 10.3. The Kier molecular flexibility index (Phi) is 5.47. The van der Waals surface area contributed by atoms with Gasteiger partial charge in [-0.05, 0) is 32.4 Å². The quantitative estimate of drug-likeness (QED) is 0.714. The van der Waals surface area contributed by atoms with E-state index in [1.165, 1.54) is 12.8 Å². The normalized spacial score (nSPS) is 22.6. The highest BCUT2D eigenvalue weighted by Crippen LogP contribution is 2.17. The third-order valence-corrected chi connectivity index (χ3v) is 2.87. The SMILES string of the molecule is CCCCN1CCCC(COC(=O)O)C1. The van der Waals surface area contributed by atoms with Crippen LogP contribution < -0.4 is 0 Å². The van der Waals surface area contributed by atoms with Gasteiger partial charge in [0, 0.05) is 12.5 Å². The van der Waals surface area contributed by atoms with Crippen LogP contribution in [0.3, 0.4) is 0 Å². The second-order valence-electron chi connectivity index (χ2n) is 4.24. The monoisotopic (exact) mass is 215 g/mol. The lowest BCUT2D eigenvalue weighted by atomic mass is 9.99. The highest BCUT2D eigenvalue weighted by molar-refractivity contribution is 5.56. The first-order chi connectivity index (χ1) is 7.22. The molecule has 1 heterocycles. The van der Waals surface area contributed by atoms with E-state index in [0.29, 0.717) is 12.5 Å². The number of carboxylic acid groups (broad SMARTS) is 1. The van der Waals surface area contributed by atoms with E-state index in [0.717, 1.165) is 32.5 Å². The van der Waals surface area contributed by atoms with E-state index in [-0.39, 0.29) is 0 Å². The molecule has 1 aliphatic rings. The summed E-state index contributed by atoms with van der Waals surface area (Å²) in [4.78, 5) is 12.7. The molecule has 1 rings (SSSR count). The second-order valence-corrected chi connectivity index (χ2v) is 4.24. The molecule has 0 aromatic carbocycles. The Balaban J connectivity index is 2.19. The highest BCUT2D eigenvalue weighted by Gasteiger charge is 2.20. The van der Waals surface area contributed by atoms with Crippen LogP contribution in [0.2, 0.25) is 0 Å².